The van der Waals surface area contributed by atoms with Crippen LogP contribution in [0.15, 0.2) is 0 Å². The van der Waals surface area contributed by atoms with Crippen LogP contribution in [0.2, 0.25) is 0 Å². The third-order valence-electron chi connectivity index (χ3n) is 1.84. The standard InChI is InChI=1S/C10H24N2O/c1-2-3-9-13-10-5-8-12-7-4-6-11/h12H,2-11H2,1H3. The summed E-state index contributed by atoms with van der Waals surface area (Å²) < 4.78 is 5.42. The van der Waals surface area contributed by atoms with E-state index in [1.165, 1.54) is 12.8 Å². The van der Waals surface area contributed by atoms with Crippen LogP contribution in [0.25, 0.3) is 0 Å². The molecular weight excluding hydrogens is 164 g/mol. The molecular formula is C10H24N2O. The van der Waals surface area contributed by atoms with Crippen molar-refractivity contribution >= 4 is 0 Å². The van der Waals surface area contributed by atoms with Gasteiger partial charge in [0.25, 0.3) is 0 Å². The summed E-state index contributed by atoms with van der Waals surface area (Å²) in [4.78, 5) is 0. The van der Waals surface area contributed by atoms with Crippen molar-refractivity contribution in [3.05, 3.63) is 0 Å². The second-order valence-electron chi connectivity index (χ2n) is 3.21. The third kappa shape index (κ3) is 11.9. The average molecular weight is 188 g/mol. The molecule has 13 heavy (non-hydrogen) atoms. The highest BCUT2D eigenvalue weighted by Crippen LogP contribution is 1.88. The van der Waals surface area contributed by atoms with Crippen molar-refractivity contribution in [3.63, 3.8) is 0 Å². The molecule has 0 saturated carbocycles. The van der Waals surface area contributed by atoms with Gasteiger partial charge >= 0.3 is 0 Å². The molecule has 0 aliphatic carbocycles. The van der Waals surface area contributed by atoms with Gasteiger partial charge < -0.3 is 15.8 Å². The van der Waals surface area contributed by atoms with Gasteiger partial charge in [0.2, 0.25) is 0 Å². The quantitative estimate of drug-likeness (QED) is 0.505. The lowest BCUT2D eigenvalue weighted by molar-refractivity contribution is 0.129. The van der Waals surface area contributed by atoms with Gasteiger partial charge in [-0.1, -0.05) is 13.3 Å². The zero-order valence-electron chi connectivity index (χ0n) is 8.85. The first-order chi connectivity index (χ1) is 6.41. The molecule has 0 bridgehead atoms. The van der Waals surface area contributed by atoms with E-state index in [9.17, 15) is 0 Å². The van der Waals surface area contributed by atoms with Crippen LogP contribution in [-0.4, -0.2) is 32.8 Å². The molecule has 0 aliphatic rings. The summed E-state index contributed by atoms with van der Waals surface area (Å²) >= 11 is 0. The molecule has 3 nitrogen and oxygen atoms in total. The molecule has 0 radical (unpaired) electrons. The number of rotatable bonds is 10. The van der Waals surface area contributed by atoms with E-state index in [4.69, 9.17) is 10.5 Å². The van der Waals surface area contributed by atoms with Gasteiger partial charge in [-0.05, 0) is 38.9 Å². The number of hydrogen-bond acceptors (Lipinski definition) is 3. The Morgan fingerprint density at radius 3 is 2.46 bits per heavy atom. The van der Waals surface area contributed by atoms with Crippen molar-refractivity contribution in [2.45, 2.75) is 32.6 Å². The third-order valence-corrected chi connectivity index (χ3v) is 1.84. The van der Waals surface area contributed by atoms with Crippen LogP contribution in [0.4, 0.5) is 0 Å². The summed E-state index contributed by atoms with van der Waals surface area (Å²) in [6, 6.07) is 0. The summed E-state index contributed by atoms with van der Waals surface area (Å²) in [5.74, 6) is 0. The largest absolute Gasteiger partial charge is 0.381 e. The van der Waals surface area contributed by atoms with E-state index in [1.807, 2.05) is 0 Å². The smallest absolute Gasteiger partial charge is 0.0478 e. The molecule has 0 aromatic carbocycles. The second kappa shape index (κ2) is 11.9. The molecule has 80 valence electrons. The Labute approximate surface area is 82.0 Å². The monoisotopic (exact) mass is 188 g/mol. The van der Waals surface area contributed by atoms with E-state index in [-0.39, 0.29) is 0 Å². The van der Waals surface area contributed by atoms with Crippen LogP contribution >= 0.6 is 0 Å². The van der Waals surface area contributed by atoms with Gasteiger partial charge in [0, 0.05) is 13.2 Å². The lowest BCUT2D eigenvalue weighted by Gasteiger charge is -2.04. The van der Waals surface area contributed by atoms with Crippen molar-refractivity contribution < 1.29 is 4.74 Å². The highest BCUT2D eigenvalue weighted by Gasteiger charge is 1.89. The first kappa shape index (κ1) is 12.9. The normalized spacial score (nSPS) is 10.6. The highest BCUT2D eigenvalue weighted by atomic mass is 16.5. The van der Waals surface area contributed by atoms with E-state index < -0.39 is 0 Å². The minimum atomic E-state index is 0.778. The van der Waals surface area contributed by atoms with Crippen molar-refractivity contribution in [3.8, 4) is 0 Å². The van der Waals surface area contributed by atoms with Crippen molar-refractivity contribution in [2.75, 3.05) is 32.8 Å². The van der Waals surface area contributed by atoms with Gasteiger partial charge in [0.05, 0.1) is 0 Å². The summed E-state index contributed by atoms with van der Waals surface area (Å²) in [6.45, 7) is 6.84. The van der Waals surface area contributed by atoms with Crippen LogP contribution in [0.5, 0.6) is 0 Å². The molecule has 0 spiro atoms. The van der Waals surface area contributed by atoms with Gasteiger partial charge in [-0.2, -0.15) is 0 Å². The molecule has 0 amide bonds. The summed E-state index contributed by atoms with van der Waals surface area (Å²) in [5.41, 5.74) is 5.36. The van der Waals surface area contributed by atoms with E-state index in [2.05, 4.69) is 12.2 Å². The Morgan fingerprint density at radius 1 is 1.08 bits per heavy atom. The van der Waals surface area contributed by atoms with Crippen LogP contribution in [0.3, 0.4) is 0 Å². The predicted molar refractivity (Wildman–Crippen MR) is 56.9 cm³/mol. The zero-order valence-corrected chi connectivity index (χ0v) is 8.85. The van der Waals surface area contributed by atoms with Gasteiger partial charge in [-0.15, -0.1) is 0 Å². The minimum Gasteiger partial charge on any atom is -0.381 e. The molecule has 3 heteroatoms. The maximum Gasteiger partial charge on any atom is 0.0478 e. The molecule has 3 N–H and O–H groups in total. The SMILES string of the molecule is CCCCOCCCNCCCN. The van der Waals surface area contributed by atoms with Crippen molar-refractivity contribution in [1.29, 1.82) is 0 Å². The number of nitrogens with two attached hydrogens (primary N) is 1. The number of ether oxygens (including phenoxy) is 1. The lowest BCUT2D eigenvalue weighted by Crippen LogP contribution is -2.20. The zero-order chi connectivity index (χ0) is 9.78. The molecule has 0 heterocycles. The Bertz CT molecular complexity index is 79.0. The molecule has 0 unspecified atom stereocenters. The molecule has 0 aliphatic heterocycles. The van der Waals surface area contributed by atoms with Gasteiger partial charge in [-0.3, -0.25) is 0 Å². The summed E-state index contributed by atoms with van der Waals surface area (Å²) in [5, 5.41) is 3.32. The highest BCUT2D eigenvalue weighted by molar-refractivity contribution is 4.48. The maximum absolute atomic E-state index is 5.42. The van der Waals surface area contributed by atoms with Crippen LogP contribution in [0, 0.1) is 0 Å². The lowest BCUT2D eigenvalue weighted by atomic mass is 10.3. The predicted octanol–water partition coefficient (Wildman–Crippen LogP) is 1.13. The van der Waals surface area contributed by atoms with Crippen molar-refractivity contribution in [1.82, 2.24) is 5.32 Å². The number of unbranched alkanes of at least 4 members (excludes halogenated alkanes) is 1. The Morgan fingerprint density at radius 2 is 1.77 bits per heavy atom. The number of nitrogens with one attached hydrogen (secondary N) is 1. The maximum atomic E-state index is 5.42. The van der Waals surface area contributed by atoms with E-state index >= 15 is 0 Å². The average Bonchev–Trinajstić information content (AvgIpc) is 2.16. The Balaban J connectivity index is 2.76. The fraction of sp³-hybridized carbons (Fsp3) is 1.00. The Hall–Kier alpha value is -0.120. The molecule has 0 atom stereocenters. The van der Waals surface area contributed by atoms with E-state index in [0.29, 0.717) is 0 Å². The molecule has 0 fully saturated rings. The molecule has 0 aromatic rings. The summed E-state index contributed by atoms with van der Waals surface area (Å²) in [7, 11) is 0. The fourth-order valence-corrected chi connectivity index (χ4v) is 1.000. The van der Waals surface area contributed by atoms with Crippen LogP contribution in [-0.2, 0) is 4.74 Å². The fourth-order valence-electron chi connectivity index (χ4n) is 1.000. The molecule has 0 saturated heterocycles. The topological polar surface area (TPSA) is 47.3 Å². The first-order valence-electron chi connectivity index (χ1n) is 5.40. The number of hydrogen-bond donors (Lipinski definition) is 2. The van der Waals surface area contributed by atoms with E-state index in [0.717, 1.165) is 45.7 Å². The van der Waals surface area contributed by atoms with Crippen molar-refractivity contribution in [2.24, 2.45) is 5.73 Å². The molecule has 0 aromatic heterocycles. The summed E-state index contributed by atoms with van der Waals surface area (Å²) in [6.07, 6.45) is 4.57. The van der Waals surface area contributed by atoms with Gasteiger partial charge in [0.1, 0.15) is 0 Å². The van der Waals surface area contributed by atoms with Crippen LogP contribution < -0.4 is 11.1 Å². The minimum absolute atomic E-state index is 0.778. The Kier molecular flexibility index (Phi) is 11.8. The van der Waals surface area contributed by atoms with Gasteiger partial charge in [-0.25, -0.2) is 0 Å². The van der Waals surface area contributed by atoms with Gasteiger partial charge in [0.15, 0.2) is 0 Å². The second-order valence-corrected chi connectivity index (χ2v) is 3.21. The molecule has 0 rings (SSSR count). The first-order valence-corrected chi connectivity index (χ1v) is 5.40. The van der Waals surface area contributed by atoms with Crippen LogP contribution in [0.1, 0.15) is 32.6 Å². The van der Waals surface area contributed by atoms with E-state index in [1.54, 1.807) is 0 Å².